The highest BCUT2D eigenvalue weighted by Crippen LogP contribution is 2.29. The standard InChI is InChI=1S/C24H20FN3O3/c1-14-5-2-10-20-23(14)28(30)21(13-31-20)27-24(29)19-12-16-7-4-9-18(22(16)26-19)15-6-3-8-17(25)11-15/h2-12,14,21,26H,13H2,1H3,(H,27,29). The first-order chi connectivity index (χ1) is 15.0. The molecule has 2 aliphatic rings. The number of hydrogen-bond acceptors (Lipinski definition) is 3. The Morgan fingerprint density at radius 3 is 2.94 bits per heavy atom. The minimum Gasteiger partial charge on any atom is -0.622 e. The van der Waals surface area contributed by atoms with Crippen LogP contribution in [0.4, 0.5) is 4.39 Å². The van der Waals surface area contributed by atoms with Crippen LogP contribution in [0.1, 0.15) is 17.4 Å². The molecular formula is C24H20FN3O3. The largest absolute Gasteiger partial charge is 0.622 e. The molecule has 0 spiro atoms. The molecule has 0 fully saturated rings. The van der Waals surface area contributed by atoms with Gasteiger partial charge in [-0.1, -0.05) is 42.5 Å². The molecule has 156 valence electrons. The van der Waals surface area contributed by atoms with Crippen molar-refractivity contribution in [1.29, 1.82) is 0 Å². The van der Waals surface area contributed by atoms with Crippen molar-refractivity contribution in [3.05, 3.63) is 89.2 Å². The molecule has 0 bridgehead atoms. The van der Waals surface area contributed by atoms with Crippen molar-refractivity contribution in [2.75, 3.05) is 6.61 Å². The number of aromatic amines is 1. The number of rotatable bonds is 3. The number of hydrogen-bond donors (Lipinski definition) is 2. The average Bonchev–Trinajstić information content (AvgIpc) is 3.20. The summed E-state index contributed by atoms with van der Waals surface area (Å²) in [6, 6.07) is 13.6. The molecule has 1 aliphatic carbocycles. The molecule has 5 rings (SSSR count). The third-order valence-electron chi connectivity index (χ3n) is 5.58. The Labute approximate surface area is 177 Å². The molecule has 0 saturated heterocycles. The summed E-state index contributed by atoms with van der Waals surface area (Å²) in [5.74, 6) is -0.299. The number of amides is 1. The summed E-state index contributed by atoms with van der Waals surface area (Å²) in [7, 11) is 0. The van der Waals surface area contributed by atoms with Gasteiger partial charge in [-0.15, -0.1) is 0 Å². The number of allylic oxidation sites excluding steroid dienone is 4. The summed E-state index contributed by atoms with van der Waals surface area (Å²) in [5.41, 5.74) is 3.04. The van der Waals surface area contributed by atoms with Gasteiger partial charge in [0.2, 0.25) is 5.71 Å². The number of fused-ring (bicyclic) bond motifs is 2. The van der Waals surface area contributed by atoms with Gasteiger partial charge >= 0.3 is 0 Å². The molecule has 2 unspecified atom stereocenters. The Hall–Kier alpha value is -3.87. The third kappa shape index (κ3) is 3.38. The van der Waals surface area contributed by atoms with Crippen LogP contribution < -0.4 is 5.32 Å². The highest BCUT2D eigenvalue weighted by molar-refractivity contribution is 6.02. The van der Waals surface area contributed by atoms with E-state index in [1.54, 1.807) is 18.2 Å². The second-order valence-corrected chi connectivity index (χ2v) is 7.68. The van der Waals surface area contributed by atoms with E-state index >= 15 is 0 Å². The van der Waals surface area contributed by atoms with Crippen LogP contribution >= 0.6 is 0 Å². The number of halogens is 1. The molecule has 2 atom stereocenters. The topological polar surface area (TPSA) is 80.2 Å². The zero-order chi connectivity index (χ0) is 21.5. The number of hydroxylamine groups is 1. The van der Waals surface area contributed by atoms with Crippen LogP contribution in [-0.4, -0.2) is 34.1 Å². The predicted molar refractivity (Wildman–Crippen MR) is 116 cm³/mol. The quantitative estimate of drug-likeness (QED) is 0.497. The van der Waals surface area contributed by atoms with Crippen molar-refractivity contribution in [1.82, 2.24) is 10.3 Å². The Morgan fingerprint density at radius 2 is 2.10 bits per heavy atom. The lowest BCUT2D eigenvalue weighted by molar-refractivity contribution is -0.518. The van der Waals surface area contributed by atoms with E-state index in [4.69, 9.17) is 4.74 Å². The number of aromatic nitrogens is 1. The highest BCUT2D eigenvalue weighted by atomic mass is 19.1. The summed E-state index contributed by atoms with van der Waals surface area (Å²) >= 11 is 0. The van der Waals surface area contributed by atoms with Crippen molar-refractivity contribution in [3.8, 4) is 11.1 Å². The van der Waals surface area contributed by atoms with Crippen LogP contribution in [0.25, 0.3) is 22.0 Å². The number of carbonyl (C=O) groups is 1. The summed E-state index contributed by atoms with van der Waals surface area (Å²) in [6.07, 6.45) is 4.69. The van der Waals surface area contributed by atoms with Gasteiger partial charge in [-0.3, -0.25) is 10.1 Å². The Kier molecular flexibility index (Phi) is 4.58. The van der Waals surface area contributed by atoms with Crippen LogP contribution in [0.5, 0.6) is 0 Å². The monoisotopic (exact) mass is 417 g/mol. The lowest BCUT2D eigenvalue weighted by Crippen LogP contribution is -2.51. The molecule has 7 heteroatoms. The number of para-hydroxylation sites is 1. The minimum absolute atomic E-state index is 0.0555. The number of H-pyrrole nitrogens is 1. The average molecular weight is 417 g/mol. The van der Waals surface area contributed by atoms with Crippen LogP contribution in [0, 0.1) is 16.9 Å². The lowest BCUT2D eigenvalue weighted by Gasteiger charge is -2.29. The Morgan fingerprint density at radius 1 is 1.26 bits per heavy atom. The molecule has 0 saturated carbocycles. The van der Waals surface area contributed by atoms with Gasteiger partial charge in [-0.2, -0.15) is 4.74 Å². The van der Waals surface area contributed by atoms with Crippen molar-refractivity contribution in [3.63, 3.8) is 0 Å². The predicted octanol–water partition coefficient (Wildman–Crippen LogP) is 4.10. The molecule has 31 heavy (non-hydrogen) atoms. The second kappa shape index (κ2) is 7.43. The third-order valence-corrected chi connectivity index (χ3v) is 5.58. The Bertz CT molecular complexity index is 1290. The number of carbonyl (C=O) groups excluding carboxylic acids is 1. The van der Waals surface area contributed by atoms with Gasteiger partial charge in [0.05, 0.1) is 11.4 Å². The minimum atomic E-state index is -0.831. The molecule has 2 aromatic carbocycles. The molecule has 6 nitrogen and oxygen atoms in total. The van der Waals surface area contributed by atoms with E-state index in [9.17, 15) is 14.4 Å². The van der Waals surface area contributed by atoms with Gasteiger partial charge in [0, 0.05) is 10.9 Å². The van der Waals surface area contributed by atoms with E-state index in [2.05, 4.69) is 10.3 Å². The first-order valence-corrected chi connectivity index (χ1v) is 10.0. The van der Waals surface area contributed by atoms with Crippen LogP contribution in [-0.2, 0) is 4.74 Å². The van der Waals surface area contributed by atoms with Crippen LogP contribution in [0.2, 0.25) is 0 Å². The Balaban J connectivity index is 1.45. The summed E-state index contributed by atoms with van der Waals surface area (Å²) < 4.78 is 20.2. The first-order valence-electron chi connectivity index (χ1n) is 10.0. The van der Waals surface area contributed by atoms with Gasteiger partial charge in [-0.25, -0.2) is 4.39 Å². The van der Waals surface area contributed by atoms with Crippen molar-refractivity contribution >= 4 is 22.5 Å². The van der Waals surface area contributed by atoms with Crippen molar-refractivity contribution < 1.29 is 18.7 Å². The van der Waals surface area contributed by atoms with Crippen molar-refractivity contribution in [2.24, 2.45) is 5.92 Å². The van der Waals surface area contributed by atoms with E-state index in [0.29, 0.717) is 22.7 Å². The number of ether oxygens (including phenoxy) is 1. The fraction of sp³-hybridized carbons (Fsp3) is 0.167. The highest BCUT2D eigenvalue weighted by Gasteiger charge is 2.36. The maximum Gasteiger partial charge on any atom is 0.273 e. The maximum atomic E-state index is 13.7. The van der Waals surface area contributed by atoms with Gasteiger partial charge < -0.3 is 14.9 Å². The van der Waals surface area contributed by atoms with E-state index in [-0.39, 0.29) is 18.3 Å². The molecule has 1 aliphatic heterocycles. The fourth-order valence-electron chi connectivity index (χ4n) is 4.05. The fourth-order valence-corrected chi connectivity index (χ4v) is 4.05. The van der Waals surface area contributed by atoms with E-state index in [1.807, 2.05) is 43.3 Å². The van der Waals surface area contributed by atoms with E-state index < -0.39 is 12.1 Å². The second-order valence-electron chi connectivity index (χ2n) is 7.68. The summed E-state index contributed by atoms with van der Waals surface area (Å²) in [5, 5.41) is 16.4. The molecule has 2 N–H and O–H groups in total. The van der Waals surface area contributed by atoms with Crippen LogP contribution in [0.15, 0.2) is 72.5 Å². The van der Waals surface area contributed by atoms with Gasteiger partial charge in [0.15, 0.2) is 12.4 Å². The number of nitrogens with zero attached hydrogens (tertiary/aromatic N) is 1. The van der Waals surface area contributed by atoms with Crippen molar-refractivity contribution in [2.45, 2.75) is 13.1 Å². The van der Waals surface area contributed by atoms with E-state index in [0.717, 1.165) is 21.2 Å². The molecule has 1 aromatic heterocycles. The normalized spacial score (nSPS) is 20.3. The molecule has 3 aromatic rings. The van der Waals surface area contributed by atoms with Gasteiger partial charge in [0.25, 0.3) is 12.1 Å². The molecule has 0 radical (unpaired) electrons. The zero-order valence-electron chi connectivity index (χ0n) is 16.8. The molecule has 1 amide bonds. The summed E-state index contributed by atoms with van der Waals surface area (Å²) in [4.78, 5) is 16.0. The lowest BCUT2D eigenvalue weighted by atomic mass is 9.98. The summed E-state index contributed by atoms with van der Waals surface area (Å²) in [6.45, 7) is 1.96. The van der Waals surface area contributed by atoms with Gasteiger partial charge in [0.1, 0.15) is 11.5 Å². The molecule has 2 heterocycles. The number of benzene rings is 2. The molecular weight excluding hydrogens is 397 g/mol. The van der Waals surface area contributed by atoms with E-state index in [1.165, 1.54) is 12.1 Å². The smallest absolute Gasteiger partial charge is 0.273 e. The van der Waals surface area contributed by atoms with Crippen LogP contribution in [0.3, 0.4) is 0 Å². The van der Waals surface area contributed by atoms with Gasteiger partial charge in [-0.05, 0) is 36.8 Å². The maximum absolute atomic E-state index is 13.7. The number of nitrogens with one attached hydrogen (secondary N) is 2. The zero-order valence-corrected chi connectivity index (χ0v) is 16.8. The first kappa shape index (κ1) is 19.1. The SMILES string of the molecule is CC1C=CC=C2OCC(NC(=O)c3cc4cccc(-c5cccc(F)c5)c4[nH]3)[N+]([O-])=C21.